The van der Waals surface area contributed by atoms with E-state index in [4.69, 9.17) is 18.9 Å². The van der Waals surface area contributed by atoms with Crippen molar-refractivity contribution >= 4 is 12.2 Å². The summed E-state index contributed by atoms with van der Waals surface area (Å²) in [5, 5.41) is 0. The van der Waals surface area contributed by atoms with Gasteiger partial charge in [0.15, 0.2) is 0 Å². The van der Waals surface area contributed by atoms with Crippen molar-refractivity contribution in [3.8, 4) is 11.5 Å². The normalized spacial score (nSPS) is 11.2. The topological polar surface area (TPSA) is 36.9 Å². The molecule has 2 rings (SSSR count). The Balaban J connectivity index is 2.15. The maximum Gasteiger partial charge on any atom is 0.125 e. The molecule has 0 N–H and O–H groups in total. The lowest BCUT2D eigenvalue weighted by Gasteiger charge is -2.13. The third-order valence-electron chi connectivity index (χ3n) is 4.50. The fraction of sp³-hybridized carbons (Fsp3) is 0.417. The van der Waals surface area contributed by atoms with Gasteiger partial charge in [-0.25, -0.2) is 0 Å². The molecule has 0 amide bonds. The zero-order valence-corrected chi connectivity index (χ0v) is 17.9. The number of hydrogen-bond donors (Lipinski definition) is 0. The van der Waals surface area contributed by atoms with E-state index in [2.05, 4.69) is 64.1 Å². The van der Waals surface area contributed by atoms with Gasteiger partial charge in [-0.05, 0) is 85.3 Å². The van der Waals surface area contributed by atoms with Crippen LogP contribution in [0.2, 0.25) is 0 Å². The van der Waals surface area contributed by atoms with Gasteiger partial charge in [0.05, 0.1) is 13.2 Å². The summed E-state index contributed by atoms with van der Waals surface area (Å²) in [6, 6.07) is 8.59. The van der Waals surface area contributed by atoms with Crippen LogP contribution in [0, 0.1) is 27.7 Å². The first-order valence-electron chi connectivity index (χ1n) is 9.60. The monoisotopic (exact) mass is 384 g/mol. The van der Waals surface area contributed by atoms with E-state index in [1.807, 2.05) is 0 Å². The van der Waals surface area contributed by atoms with Crippen LogP contribution in [0.3, 0.4) is 0 Å². The van der Waals surface area contributed by atoms with Crippen molar-refractivity contribution in [1.82, 2.24) is 0 Å². The van der Waals surface area contributed by atoms with Gasteiger partial charge in [-0.15, -0.1) is 0 Å². The Kier molecular flexibility index (Phi) is 8.55. The Bertz CT molecular complexity index is 695. The summed E-state index contributed by atoms with van der Waals surface area (Å²) >= 11 is 0. The number of hydrogen-bond acceptors (Lipinski definition) is 4. The second kappa shape index (κ2) is 10.9. The van der Waals surface area contributed by atoms with Gasteiger partial charge in [0.1, 0.15) is 24.7 Å². The van der Waals surface area contributed by atoms with Gasteiger partial charge in [0.25, 0.3) is 0 Å². The first-order chi connectivity index (χ1) is 13.5. The molecule has 0 aromatic heterocycles. The van der Waals surface area contributed by atoms with Crippen molar-refractivity contribution in [3.05, 3.63) is 57.6 Å². The van der Waals surface area contributed by atoms with Crippen molar-refractivity contribution < 1.29 is 18.9 Å². The first-order valence-corrected chi connectivity index (χ1v) is 9.60. The molecule has 0 radical (unpaired) electrons. The van der Waals surface area contributed by atoms with Crippen LogP contribution in [-0.2, 0) is 9.47 Å². The average molecular weight is 385 g/mol. The third-order valence-corrected chi connectivity index (χ3v) is 4.50. The molecule has 2 aromatic rings. The van der Waals surface area contributed by atoms with Gasteiger partial charge in [-0.1, -0.05) is 12.2 Å². The lowest BCUT2D eigenvalue weighted by Crippen LogP contribution is -2.06. The summed E-state index contributed by atoms with van der Waals surface area (Å²) in [5.41, 5.74) is 6.83. The molecule has 0 heterocycles. The zero-order valence-electron chi connectivity index (χ0n) is 17.9. The molecule has 152 valence electrons. The Morgan fingerprint density at radius 2 is 0.893 bits per heavy atom. The average Bonchev–Trinajstić information content (AvgIpc) is 2.64. The number of benzene rings is 2. The number of rotatable bonds is 10. The SMILES string of the molecule is COCCOc1c(C)cc(C=Cc2cc(C)c(OCCOC)c(C)c2)cc1C. The zero-order chi connectivity index (χ0) is 20.5. The second-order valence-electron chi connectivity index (χ2n) is 6.98. The lowest BCUT2D eigenvalue weighted by atomic mass is 10.0. The molecule has 4 nitrogen and oxygen atoms in total. The molecule has 0 aliphatic carbocycles. The maximum absolute atomic E-state index is 5.84. The summed E-state index contributed by atoms with van der Waals surface area (Å²) in [6.45, 7) is 10.6. The van der Waals surface area contributed by atoms with Crippen LogP contribution in [0.15, 0.2) is 24.3 Å². The highest BCUT2D eigenvalue weighted by molar-refractivity contribution is 5.72. The molecule has 0 saturated carbocycles. The molecule has 2 aromatic carbocycles. The minimum atomic E-state index is 0.560. The van der Waals surface area contributed by atoms with Gasteiger partial charge < -0.3 is 18.9 Å². The first kappa shape index (κ1) is 22.0. The molecule has 28 heavy (non-hydrogen) atoms. The minimum absolute atomic E-state index is 0.560. The molecule has 0 unspecified atom stereocenters. The van der Waals surface area contributed by atoms with Crippen molar-refractivity contribution in [2.75, 3.05) is 40.6 Å². The van der Waals surface area contributed by atoms with E-state index in [1.165, 1.54) is 0 Å². The molecular weight excluding hydrogens is 352 g/mol. The van der Waals surface area contributed by atoms with Crippen LogP contribution in [-0.4, -0.2) is 40.6 Å². The van der Waals surface area contributed by atoms with Crippen LogP contribution in [0.1, 0.15) is 33.4 Å². The smallest absolute Gasteiger partial charge is 0.125 e. The van der Waals surface area contributed by atoms with E-state index in [9.17, 15) is 0 Å². The van der Waals surface area contributed by atoms with Crippen LogP contribution in [0.4, 0.5) is 0 Å². The van der Waals surface area contributed by atoms with Gasteiger partial charge >= 0.3 is 0 Å². The van der Waals surface area contributed by atoms with Gasteiger partial charge in [0.2, 0.25) is 0 Å². The van der Waals surface area contributed by atoms with E-state index in [0.717, 1.165) is 44.9 Å². The minimum Gasteiger partial charge on any atom is -0.491 e. The van der Waals surface area contributed by atoms with Crippen LogP contribution >= 0.6 is 0 Å². The molecule has 4 heteroatoms. The van der Waals surface area contributed by atoms with Crippen LogP contribution in [0.25, 0.3) is 12.2 Å². The summed E-state index contributed by atoms with van der Waals surface area (Å²) in [6.07, 6.45) is 4.28. The van der Waals surface area contributed by atoms with E-state index in [1.54, 1.807) is 14.2 Å². The van der Waals surface area contributed by atoms with Crippen LogP contribution < -0.4 is 9.47 Å². The highest BCUT2D eigenvalue weighted by Crippen LogP contribution is 2.28. The van der Waals surface area contributed by atoms with Crippen molar-refractivity contribution in [2.45, 2.75) is 27.7 Å². The Morgan fingerprint density at radius 3 is 1.18 bits per heavy atom. The van der Waals surface area contributed by atoms with Crippen LogP contribution in [0.5, 0.6) is 11.5 Å². The number of methoxy groups -OCH3 is 2. The Labute approximate surface area is 169 Å². The van der Waals surface area contributed by atoms with Gasteiger partial charge in [-0.2, -0.15) is 0 Å². The molecule has 0 fully saturated rings. The van der Waals surface area contributed by atoms with Crippen molar-refractivity contribution in [2.24, 2.45) is 0 Å². The predicted molar refractivity (Wildman–Crippen MR) is 116 cm³/mol. The number of aryl methyl sites for hydroxylation is 4. The van der Waals surface area contributed by atoms with E-state index in [-0.39, 0.29) is 0 Å². The molecule has 0 bridgehead atoms. The van der Waals surface area contributed by atoms with E-state index >= 15 is 0 Å². The second-order valence-corrected chi connectivity index (χ2v) is 6.98. The molecule has 0 atom stereocenters. The lowest BCUT2D eigenvalue weighted by molar-refractivity contribution is 0.145. The number of ether oxygens (including phenoxy) is 4. The molecular formula is C24H32O4. The van der Waals surface area contributed by atoms with Crippen molar-refractivity contribution in [1.29, 1.82) is 0 Å². The third kappa shape index (κ3) is 6.11. The highest BCUT2D eigenvalue weighted by Gasteiger charge is 2.07. The molecule has 0 spiro atoms. The molecule has 0 saturated heterocycles. The Morgan fingerprint density at radius 1 is 0.571 bits per heavy atom. The predicted octanol–water partition coefficient (Wildman–Crippen LogP) is 5.14. The quantitative estimate of drug-likeness (QED) is 0.420. The fourth-order valence-electron chi connectivity index (χ4n) is 3.26. The fourth-order valence-corrected chi connectivity index (χ4v) is 3.26. The summed E-state index contributed by atoms with van der Waals surface area (Å²) in [7, 11) is 3.36. The van der Waals surface area contributed by atoms with E-state index < -0.39 is 0 Å². The standard InChI is InChI=1S/C24H32O4/c1-17-13-21(14-18(2)23(17)27-11-9-25-5)7-8-22-15-19(3)24(20(4)16-22)28-12-10-26-6/h7-8,13-16H,9-12H2,1-6H3. The van der Waals surface area contributed by atoms with Gasteiger partial charge in [0, 0.05) is 14.2 Å². The summed E-state index contributed by atoms with van der Waals surface area (Å²) in [5.74, 6) is 1.89. The Hall–Kier alpha value is -2.30. The molecule has 0 aliphatic rings. The summed E-state index contributed by atoms with van der Waals surface area (Å²) in [4.78, 5) is 0. The van der Waals surface area contributed by atoms with Crippen molar-refractivity contribution in [3.63, 3.8) is 0 Å². The van der Waals surface area contributed by atoms with Gasteiger partial charge in [-0.3, -0.25) is 0 Å². The summed E-state index contributed by atoms with van der Waals surface area (Å²) < 4.78 is 21.8. The highest BCUT2D eigenvalue weighted by atomic mass is 16.5. The molecule has 0 aliphatic heterocycles. The maximum atomic E-state index is 5.84. The largest absolute Gasteiger partial charge is 0.491 e. The van der Waals surface area contributed by atoms with E-state index in [0.29, 0.717) is 26.4 Å².